The molecule has 1 saturated heterocycles. The lowest BCUT2D eigenvalue weighted by molar-refractivity contribution is -0.235. The number of carbonyl (C=O) groups is 9. The van der Waals surface area contributed by atoms with E-state index in [1.54, 1.807) is 42.2 Å². The summed E-state index contributed by atoms with van der Waals surface area (Å²) in [6.45, 7) is 6.52. The van der Waals surface area contributed by atoms with Gasteiger partial charge in [0.2, 0.25) is 29.5 Å². The molecule has 0 bridgehead atoms. The summed E-state index contributed by atoms with van der Waals surface area (Å²) in [5.74, 6) is 0.732. The molecule has 2 heterocycles. The van der Waals surface area contributed by atoms with Gasteiger partial charge in [0.25, 0.3) is 0 Å². The second kappa shape index (κ2) is 34.2. The zero-order valence-electron chi connectivity index (χ0n) is 55.3. The van der Waals surface area contributed by atoms with Crippen molar-refractivity contribution in [3.05, 3.63) is 125 Å². The van der Waals surface area contributed by atoms with E-state index >= 15 is 8.78 Å². The van der Waals surface area contributed by atoms with Crippen LogP contribution >= 0.6 is 0 Å². The maximum absolute atomic E-state index is 17.9. The van der Waals surface area contributed by atoms with Crippen LogP contribution in [0.4, 0.5) is 14.5 Å². The highest BCUT2D eigenvalue weighted by molar-refractivity contribution is 6.01. The summed E-state index contributed by atoms with van der Waals surface area (Å²) in [7, 11) is 0. The van der Waals surface area contributed by atoms with Gasteiger partial charge in [-0.2, -0.15) is 0 Å². The van der Waals surface area contributed by atoms with Crippen LogP contribution in [0.5, 0.6) is 0 Å². The molecule has 11 atom stereocenters. The number of hydrogen-bond donors (Lipinski definition) is 5. The number of ether oxygens (including phenoxy) is 7. The van der Waals surface area contributed by atoms with Gasteiger partial charge < -0.3 is 64.4 Å². The summed E-state index contributed by atoms with van der Waals surface area (Å²) in [4.78, 5) is 120. The van der Waals surface area contributed by atoms with Crippen molar-refractivity contribution in [2.45, 2.75) is 153 Å². The number of anilines is 1. The van der Waals surface area contributed by atoms with Gasteiger partial charge in [0.1, 0.15) is 19.5 Å². The quantitative estimate of drug-likeness (QED) is 0.0263. The van der Waals surface area contributed by atoms with Gasteiger partial charge in [-0.15, -0.1) is 0 Å². The average molecular weight is 1350 g/mol. The zero-order chi connectivity index (χ0) is 69.2. The Bertz CT molecular complexity index is 3470. The molecule has 0 aromatic heterocycles. The third kappa shape index (κ3) is 17.6. The number of Topliss-reactive ketones (excluding diaryl/α,β-unsaturated/α-hetero) is 3. The van der Waals surface area contributed by atoms with E-state index in [1.165, 1.54) is 19.1 Å². The number of rotatable bonds is 37. The molecule has 5 N–H and O–H groups in total. The summed E-state index contributed by atoms with van der Waals surface area (Å²) in [6.07, 6.45) is -1.51. The third-order valence-corrected chi connectivity index (χ3v) is 19.6. The zero-order valence-corrected chi connectivity index (χ0v) is 55.3. The normalized spacial score (nSPS) is 25.9. The van der Waals surface area contributed by atoms with Crippen LogP contribution in [-0.2, 0) is 89.3 Å². The van der Waals surface area contributed by atoms with E-state index in [2.05, 4.69) is 33.1 Å². The minimum absolute atomic E-state index is 0.0120. The molecule has 0 spiro atoms. The summed E-state index contributed by atoms with van der Waals surface area (Å²) in [5.41, 5.74) is -2.95. The lowest BCUT2D eigenvalue weighted by Gasteiger charge is -2.63. The molecule has 5 amide bonds. The maximum Gasteiger partial charge on any atom is 0.227 e. The van der Waals surface area contributed by atoms with Crippen LogP contribution in [0.2, 0.25) is 0 Å². The number of fused-ring (bicyclic) bond motifs is 9. The Labute approximate surface area is 564 Å². The van der Waals surface area contributed by atoms with Crippen molar-refractivity contribution in [2.75, 3.05) is 84.2 Å². The van der Waals surface area contributed by atoms with Crippen molar-refractivity contribution in [3.63, 3.8) is 0 Å². The van der Waals surface area contributed by atoms with Gasteiger partial charge in [-0.05, 0) is 92.0 Å². The number of ketones is 4. The minimum atomic E-state index is -2.37. The molecular formula is C73H89F2N5O17. The molecule has 522 valence electrons. The van der Waals surface area contributed by atoms with Crippen LogP contribution in [0.25, 0.3) is 0 Å². The Morgan fingerprint density at radius 1 is 0.711 bits per heavy atom. The first-order chi connectivity index (χ1) is 46.7. The van der Waals surface area contributed by atoms with Crippen LogP contribution in [0.15, 0.2) is 103 Å². The smallest absolute Gasteiger partial charge is 0.227 e. The highest BCUT2D eigenvalue weighted by atomic mass is 19.1. The predicted molar refractivity (Wildman–Crippen MR) is 349 cm³/mol. The lowest BCUT2D eigenvalue weighted by Crippen LogP contribution is -2.71. The molecule has 0 radical (unpaired) electrons. The number of halogens is 2. The van der Waals surface area contributed by atoms with Crippen LogP contribution in [0.1, 0.15) is 120 Å². The molecule has 4 aliphatic carbocycles. The molecule has 24 heteroatoms. The van der Waals surface area contributed by atoms with Gasteiger partial charge in [0.15, 0.2) is 40.7 Å². The van der Waals surface area contributed by atoms with Crippen molar-refractivity contribution in [3.8, 4) is 11.8 Å². The van der Waals surface area contributed by atoms with E-state index in [1.807, 2.05) is 55.5 Å². The number of hydrogen-bond acceptors (Lipinski definition) is 17. The largest absolute Gasteiger partial charge is 0.390 e. The molecule has 3 saturated carbocycles. The number of nitrogens with one attached hydrogen (secondary N) is 4. The van der Waals surface area contributed by atoms with E-state index < -0.39 is 119 Å². The summed E-state index contributed by atoms with van der Waals surface area (Å²) >= 11 is 0. The van der Waals surface area contributed by atoms with Crippen molar-refractivity contribution in [2.24, 2.45) is 22.7 Å². The fraction of sp³-hybridized carbons (Fsp3) is 0.548. The number of aliphatic hydroxyl groups is 1. The molecule has 4 fully saturated rings. The van der Waals surface area contributed by atoms with E-state index in [-0.39, 0.29) is 128 Å². The topological polar surface area (TPSA) is 290 Å². The second-order valence-electron chi connectivity index (χ2n) is 25.9. The molecule has 9 rings (SSSR count). The number of carbonyl (C=O) groups excluding carboxylic acids is 9. The van der Waals surface area contributed by atoms with Crippen molar-refractivity contribution in [1.82, 2.24) is 21.3 Å². The van der Waals surface area contributed by atoms with E-state index in [0.29, 0.717) is 51.5 Å². The number of para-hydroxylation sites is 1. The van der Waals surface area contributed by atoms with Crippen molar-refractivity contribution < 1.29 is 90.2 Å². The SMILES string of the molecule is CCCC1O[C@@H]2C[C@H]3[C@@H]4C[C@H](F)C5=CC(=O)C=C[C@]5(C)[C@@]4(F)[C@@H](O)C[C@]3(C)[C@]2(C(=O)COCNC(=O)CCC(=O)[C@H](Cc2ccccc2)NC(=O)CCC(=O)CNC(=O)CCOCCOCCOCCOCCNC(=O)CCC(=O)N2Cc3ccccc3C#Cc3ccccc32)O1. The van der Waals surface area contributed by atoms with Crippen LogP contribution in [0, 0.1) is 34.5 Å². The first kappa shape index (κ1) is 73.5. The standard InChI is InChI=1S/C73H89F2N5O17/c1-4-12-69-96-63-42-54-55-41-57(74)56-40-52(81)27-29-70(56,2)72(55,75)61(84)43-71(54,3)73(63,97-69)62(85)46-95-47-78-65(87)24-22-60(83)58(39-48-13-6-5-7-14-48)79-67(89)23-21-53(82)44-77-66(88)28-31-91-33-35-93-37-38-94-36-34-92-32-30-76-64(86)25-26-68(90)80-45-51-17-9-8-15-49(51)19-20-50-16-10-11-18-59(50)80/h5-11,13-18,27,29,40,54-55,57-58,61,63,69,84H,4,12,21-26,28,30-39,41-47H2,1-3H3,(H,76,86)(H,77,88)(H,78,87)(H,79,89)/t54-,55-,57-,58-,61-,63+,69?,70-,71-,72-,73+/m0/s1. The Morgan fingerprint density at radius 3 is 2.09 bits per heavy atom. The lowest BCUT2D eigenvalue weighted by atomic mass is 9.44. The highest BCUT2D eigenvalue weighted by Crippen LogP contribution is 2.72. The molecule has 1 unspecified atom stereocenters. The van der Waals surface area contributed by atoms with E-state index in [0.717, 1.165) is 28.3 Å². The van der Waals surface area contributed by atoms with Crippen molar-refractivity contribution >= 4 is 58.4 Å². The Balaban J connectivity index is 0.600. The molecule has 3 aromatic carbocycles. The third-order valence-electron chi connectivity index (χ3n) is 19.6. The highest BCUT2D eigenvalue weighted by Gasteiger charge is 2.80. The van der Waals surface area contributed by atoms with Crippen molar-refractivity contribution in [1.29, 1.82) is 0 Å². The number of aliphatic hydroxyl groups excluding tert-OH is 1. The Hall–Kier alpha value is -7.73. The average Bonchev–Trinajstić information content (AvgIpc) is 1.59. The van der Waals surface area contributed by atoms with Gasteiger partial charge in [-0.25, -0.2) is 8.78 Å². The fourth-order valence-electron chi connectivity index (χ4n) is 14.6. The van der Waals surface area contributed by atoms with Gasteiger partial charge in [-0.3, -0.25) is 43.2 Å². The van der Waals surface area contributed by atoms with E-state index in [4.69, 9.17) is 33.2 Å². The second-order valence-corrected chi connectivity index (χ2v) is 25.9. The molecule has 3 aromatic rings. The van der Waals surface area contributed by atoms with E-state index in [9.17, 15) is 48.3 Å². The number of alkyl halides is 2. The van der Waals surface area contributed by atoms with Crippen LogP contribution < -0.4 is 26.2 Å². The number of amides is 5. The van der Waals surface area contributed by atoms with Gasteiger partial charge in [0.05, 0.1) is 89.9 Å². The maximum atomic E-state index is 17.9. The van der Waals surface area contributed by atoms with Crippen LogP contribution in [0.3, 0.4) is 0 Å². The van der Waals surface area contributed by atoms with Gasteiger partial charge >= 0.3 is 0 Å². The number of allylic oxidation sites excluding steroid dienone is 4. The minimum Gasteiger partial charge on any atom is -0.390 e. The Kier molecular flexibility index (Phi) is 25.9. The molecular weight excluding hydrogens is 1260 g/mol. The van der Waals surface area contributed by atoms with Gasteiger partial charge in [0, 0.05) is 79.4 Å². The molecule has 97 heavy (non-hydrogen) atoms. The molecule has 6 aliphatic rings. The number of nitrogens with zero attached hydrogens (tertiary/aromatic N) is 1. The first-order valence-corrected chi connectivity index (χ1v) is 33.6. The molecule has 2 aliphatic heterocycles. The summed E-state index contributed by atoms with van der Waals surface area (Å²) in [6, 6.07) is 23.1. The Morgan fingerprint density at radius 2 is 1.35 bits per heavy atom. The first-order valence-electron chi connectivity index (χ1n) is 33.6. The monoisotopic (exact) mass is 1350 g/mol. The van der Waals surface area contributed by atoms with Crippen LogP contribution in [-0.4, -0.2) is 179 Å². The summed E-state index contributed by atoms with van der Waals surface area (Å²) < 4.78 is 74.8. The van der Waals surface area contributed by atoms with Gasteiger partial charge in [-0.1, -0.05) is 98.8 Å². The predicted octanol–water partition coefficient (Wildman–Crippen LogP) is 5.70. The fourth-order valence-corrected chi connectivity index (χ4v) is 14.6. The summed E-state index contributed by atoms with van der Waals surface area (Å²) in [5, 5.41) is 22.5. The number of benzene rings is 3. The molecule has 22 nitrogen and oxygen atoms in total.